The molecule has 0 aliphatic rings. The minimum atomic E-state index is -4.03. The molecule has 2 N–H and O–H groups in total. The van der Waals surface area contributed by atoms with E-state index in [0.29, 0.717) is 5.69 Å². The zero-order valence-electron chi connectivity index (χ0n) is 11.9. The number of benzene rings is 1. The summed E-state index contributed by atoms with van der Waals surface area (Å²) in [5.41, 5.74) is 0.100. The molecule has 2 aromatic rings. The van der Waals surface area contributed by atoms with E-state index in [1.165, 1.54) is 18.2 Å². The molecule has 7 nitrogen and oxygen atoms in total. The summed E-state index contributed by atoms with van der Waals surface area (Å²) in [5, 5.41) is 8.71. The van der Waals surface area contributed by atoms with Gasteiger partial charge < -0.3 is 9.42 Å². The third-order valence-corrected chi connectivity index (χ3v) is 4.19. The van der Waals surface area contributed by atoms with E-state index in [4.69, 9.17) is 9.66 Å². The average molecular weight is 327 g/mol. The van der Waals surface area contributed by atoms with Crippen molar-refractivity contribution < 1.29 is 22.1 Å². The van der Waals surface area contributed by atoms with Gasteiger partial charge in [0, 0.05) is 13.1 Å². The Labute approximate surface area is 126 Å². The van der Waals surface area contributed by atoms with Crippen molar-refractivity contribution >= 4 is 15.9 Å². The molecule has 0 aliphatic heterocycles. The number of carbonyl (C=O) groups excluding carboxylic acids is 1. The van der Waals surface area contributed by atoms with Gasteiger partial charge in [0.05, 0.1) is 16.5 Å². The number of carbonyl (C=O) groups is 1. The molecule has 1 amide bonds. The van der Waals surface area contributed by atoms with Gasteiger partial charge in [-0.15, -0.1) is 0 Å². The number of aromatic nitrogens is 1. The fourth-order valence-electron chi connectivity index (χ4n) is 1.85. The van der Waals surface area contributed by atoms with Gasteiger partial charge in [0.2, 0.25) is 10.0 Å². The summed E-state index contributed by atoms with van der Waals surface area (Å²) in [4.78, 5) is 13.3. The Morgan fingerprint density at radius 3 is 2.64 bits per heavy atom. The molecule has 0 saturated heterocycles. The van der Waals surface area contributed by atoms with Gasteiger partial charge in [-0.05, 0) is 25.1 Å². The van der Waals surface area contributed by atoms with Gasteiger partial charge in [0.25, 0.3) is 5.91 Å². The molecule has 0 fully saturated rings. The maximum atomic E-state index is 13.9. The van der Waals surface area contributed by atoms with Crippen LogP contribution in [-0.2, 0) is 10.0 Å². The SMILES string of the molecule is C[C@@H](c1ccon1)N(C)C(=O)c1cc(S(N)(=O)=O)ccc1F. The summed E-state index contributed by atoms with van der Waals surface area (Å²) >= 11 is 0. The van der Waals surface area contributed by atoms with Crippen molar-refractivity contribution in [2.45, 2.75) is 17.9 Å². The molecule has 0 aliphatic carbocycles. The van der Waals surface area contributed by atoms with Crippen LogP contribution in [0.15, 0.2) is 39.9 Å². The van der Waals surface area contributed by atoms with E-state index in [1.807, 2.05) is 0 Å². The Bertz CT molecular complexity index is 790. The molecule has 0 spiro atoms. The van der Waals surface area contributed by atoms with Crippen LogP contribution in [0.3, 0.4) is 0 Å². The number of primary sulfonamides is 1. The number of rotatable bonds is 4. The van der Waals surface area contributed by atoms with Gasteiger partial charge >= 0.3 is 0 Å². The standard InChI is InChI=1S/C13H14FN3O4S/c1-8(12-5-6-21-16-12)17(2)13(18)10-7-9(22(15,19)20)3-4-11(10)14/h3-8H,1-2H3,(H2,15,19,20)/t8-/m0/s1. The van der Waals surface area contributed by atoms with Gasteiger partial charge in [0.1, 0.15) is 17.8 Å². The van der Waals surface area contributed by atoms with E-state index in [2.05, 4.69) is 5.16 Å². The molecular weight excluding hydrogens is 313 g/mol. The van der Waals surface area contributed by atoms with E-state index in [9.17, 15) is 17.6 Å². The number of hydrogen-bond donors (Lipinski definition) is 1. The second-order valence-corrected chi connectivity index (χ2v) is 6.26. The predicted octanol–water partition coefficient (Wildman–Crippen LogP) is 1.29. The summed E-state index contributed by atoms with van der Waals surface area (Å²) in [6.45, 7) is 1.68. The van der Waals surface area contributed by atoms with Gasteiger partial charge in [-0.25, -0.2) is 17.9 Å². The van der Waals surface area contributed by atoms with Crippen molar-refractivity contribution in [3.63, 3.8) is 0 Å². The van der Waals surface area contributed by atoms with Crippen molar-refractivity contribution in [1.82, 2.24) is 10.1 Å². The van der Waals surface area contributed by atoms with Crippen LogP contribution in [-0.4, -0.2) is 31.4 Å². The lowest BCUT2D eigenvalue weighted by molar-refractivity contribution is 0.0732. The predicted molar refractivity (Wildman–Crippen MR) is 74.8 cm³/mol. The van der Waals surface area contributed by atoms with Gasteiger partial charge in [-0.2, -0.15) is 0 Å². The van der Waals surface area contributed by atoms with E-state index in [1.54, 1.807) is 13.0 Å². The van der Waals surface area contributed by atoms with Crippen LogP contribution in [0.2, 0.25) is 0 Å². The summed E-state index contributed by atoms with van der Waals surface area (Å²) in [6.07, 6.45) is 1.35. The summed E-state index contributed by atoms with van der Waals surface area (Å²) in [5.74, 6) is -1.53. The lowest BCUT2D eigenvalue weighted by Crippen LogP contribution is -2.30. The summed E-state index contributed by atoms with van der Waals surface area (Å²) in [7, 11) is -2.58. The van der Waals surface area contributed by atoms with Crippen LogP contribution in [0.4, 0.5) is 4.39 Å². The largest absolute Gasteiger partial charge is 0.364 e. The van der Waals surface area contributed by atoms with Crippen molar-refractivity contribution in [3.05, 3.63) is 47.6 Å². The highest BCUT2D eigenvalue weighted by Crippen LogP contribution is 2.21. The minimum Gasteiger partial charge on any atom is -0.364 e. The second kappa shape index (κ2) is 5.85. The lowest BCUT2D eigenvalue weighted by Gasteiger charge is -2.23. The molecule has 1 aromatic carbocycles. The fraction of sp³-hybridized carbons (Fsp3) is 0.231. The first-order valence-corrected chi connectivity index (χ1v) is 7.76. The monoisotopic (exact) mass is 327 g/mol. The Morgan fingerprint density at radius 2 is 2.09 bits per heavy atom. The second-order valence-electron chi connectivity index (χ2n) is 4.70. The number of hydrogen-bond acceptors (Lipinski definition) is 5. The van der Waals surface area contributed by atoms with E-state index >= 15 is 0 Å². The van der Waals surface area contributed by atoms with E-state index in [0.717, 1.165) is 18.2 Å². The molecule has 118 valence electrons. The summed E-state index contributed by atoms with van der Waals surface area (Å²) < 4.78 is 41.2. The van der Waals surface area contributed by atoms with Crippen LogP contribution in [0.1, 0.15) is 29.0 Å². The normalized spacial score (nSPS) is 12.9. The van der Waals surface area contributed by atoms with Crippen LogP contribution < -0.4 is 5.14 Å². The highest BCUT2D eigenvalue weighted by atomic mass is 32.2. The van der Waals surface area contributed by atoms with Crippen LogP contribution in [0.5, 0.6) is 0 Å². The number of halogens is 1. The zero-order valence-corrected chi connectivity index (χ0v) is 12.7. The zero-order chi connectivity index (χ0) is 16.5. The molecule has 22 heavy (non-hydrogen) atoms. The van der Waals surface area contributed by atoms with Crippen molar-refractivity contribution in [3.8, 4) is 0 Å². The van der Waals surface area contributed by atoms with Crippen molar-refractivity contribution in [2.75, 3.05) is 7.05 Å². The third kappa shape index (κ3) is 3.15. The first-order chi connectivity index (χ1) is 10.2. The number of amides is 1. The Balaban J connectivity index is 2.37. The van der Waals surface area contributed by atoms with Crippen molar-refractivity contribution in [1.29, 1.82) is 0 Å². The van der Waals surface area contributed by atoms with Gasteiger partial charge in [0.15, 0.2) is 0 Å². The maximum absolute atomic E-state index is 13.9. The Kier molecular flexibility index (Phi) is 4.29. The Hall–Kier alpha value is -2.26. The molecule has 9 heteroatoms. The molecule has 0 bridgehead atoms. The van der Waals surface area contributed by atoms with Crippen LogP contribution in [0.25, 0.3) is 0 Å². The molecule has 1 atom stereocenters. The van der Waals surface area contributed by atoms with E-state index < -0.39 is 27.8 Å². The average Bonchev–Trinajstić information content (AvgIpc) is 2.98. The van der Waals surface area contributed by atoms with E-state index in [-0.39, 0.29) is 10.5 Å². The molecular formula is C13H14FN3O4S. The topological polar surface area (TPSA) is 106 Å². The first kappa shape index (κ1) is 16.1. The molecule has 0 saturated carbocycles. The van der Waals surface area contributed by atoms with Gasteiger partial charge in [-0.1, -0.05) is 5.16 Å². The van der Waals surface area contributed by atoms with Crippen molar-refractivity contribution in [2.24, 2.45) is 5.14 Å². The molecule has 2 rings (SSSR count). The lowest BCUT2D eigenvalue weighted by atomic mass is 10.1. The quantitative estimate of drug-likeness (QED) is 0.910. The van der Waals surface area contributed by atoms with Crippen LogP contribution >= 0.6 is 0 Å². The smallest absolute Gasteiger partial charge is 0.257 e. The minimum absolute atomic E-state index is 0.334. The Morgan fingerprint density at radius 1 is 1.41 bits per heavy atom. The number of nitrogens with two attached hydrogens (primary N) is 1. The molecule has 0 radical (unpaired) electrons. The first-order valence-electron chi connectivity index (χ1n) is 6.21. The number of nitrogens with zero attached hydrogens (tertiary/aromatic N) is 2. The summed E-state index contributed by atoms with van der Waals surface area (Å²) in [6, 6.07) is 3.90. The molecule has 1 aromatic heterocycles. The van der Waals surface area contributed by atoms with Crippen LogP contribution in [0, 0.1) is 5.82 Å². The molecule has 1 heterocycles. The molecule has 0 unspecified atom stereocenters. The van der Waals surface area contributed by atoms with Gasteiger partial charge in [-0.3, -0.25) is 4.79 Å². The number of sulfonamides is 1. The fourth-order valence-corrected chi connectivity index (χ4v) is 2.39. The highest BCUT2D eigenvalue weighted by molar-refractivity contribution is 7.89. The third-order valence-electron chi connectivity index (χ3n) is 3.28. The highest BCUT2D eigenvalue weighted by Gasteiger charge is 2.24. The maximum Gasteiger partial charge on any atom is 0.257 e.